The third-order valence-corrected chi connectivity index (χ3v) is 5.20. The SMILES string of the molecule is COc1ccc(NC(=O)c2ccc(S(=O)(=O)NCC(C)C)cc2)c(OC)c1. The van der Waals surface area contributed by atoms with Crippen molar-refractivity contribution in [3.05, 3.63) is 48.0 Å². The second-order valence-electron chi connectivity index (χ2n) is 6.29. The Morgan fingerprint density at radius 3 is 2.26 bits per heavy atom. The van der Waals surface area contributed by atoms with E-state index in [1.54, 1.807) is 25.3 Å². The summed E-state index contributed by atoms with van der Waals surface area (Å²) in [6.07, 6.45) is 0. The summed E-state index contributed by atoms with van der Waals surface area (Å²) >= 11 is 0. The molecule has 2 aromatic rings. The highest BCUT2D eigenvalue weighted by Crippen LogP contribution is 2.29. The van der Waals surface area contributed by atoms with E-state index in [1.165, 1.54) is 31.4 Å². The lowest BCUT2D eigenvalue weighted by Gasteiger charge is -2.12. The first-order chi connectivity index (χ1) is 12.8. The predicted molar refractivity (Wildman–Crippen MR) is 104 cm³/mol. The van der Waals surface area contributed by atoms with Crippen molar-refractivity contribution < 1.29 is 22.7 Å². The maximum Gasteiger partial charge on any atom is 0.255 e. The van der Waals surface area contributed by atoms with Crippen LogP contribution in [-0.2, 0) is 10.0 Å². The van der Waals surface area contributed by atoms with Crippen LogP contribution in [0, 0.1) is 5.92 Å². The molecule has 0 atom stereocenters. The molecule has 0 aliphatic carbocycles. The van der Waals surface area contributed by atoms with Gasteiger partial charge in [-0.05, 0) is 42.3 Å². The first-order valence-corrected chi connectivity index (χ1v) is 9.88. The van der Waals surface area contributed by atoms with E-state index >= 15 is 0 Å². The van der Waals surface area contributed by atoms with Crippen LogP contribution < -0.4 is 19.5 Å². The molecule has 0 saturated heterocycles. The molecule has 2 aromatic carbocycles. The van der Waals surface area contributed by atoms with Crippen molar-refractivity contribution in [3.8, 4) is 11.5 Å². The molecule has 0 aliphatic rings. The van der Waals surface area contributed by atoms with Crippen LogP contribution in [0.3, 0.4) is 0 Å². The molecule has 2 rings (SSSR count). The van der Waals surface area contributed by atoms with Gasteiger partial charge in [-0.3, -0.25) is 4.79 Å². The molecule has 0 fully saturated rings. The van der Waals surface area contributed by atoms with Crippen molar-refractivity contribution in [2.45, 2.75) is 18.7 Å². The van der Waals surface area contributed by atoms with Crippen LogP contribution in [0.4, 0.5) is 5.69 Å². The quantitative estimate of drug-likeness (QED) is 0.720. The van der Waals surface area contributed by atoms with Crippen LogP contribution in [0.15, 0.2) is 47.4 Å². The summed E-state index contributed by atoms with van der Waals surface area (Å²) in [5.74, 6) is 0.884. The number of sulfonamides is 1. The van der Waals surface area contributed by atoms with Gasteiger partial charge in [0.25, 0.3) is 5.91 Å². The Morgan fingerprint density at radius 2 is 1.70 bits per heavy atom. The summed E-state index contributed by atoms with van der Waals surface area (Å²) in [5, 5.41) is 2.74. The van der Waals surface area contributed by atoms with E-state index in [-0.39, 0.29) is 16.7 Å². The third kappa shape index (κ3) is 5.45. The Labute approximate surface area is 159 Å². The second-order valence-corrected chi connectivity index (χ2v) is 8.06. The number of carbonyl (C=O) groups is 1. The van der Waals surface area contributed by atoms with Gasteiger partial charge in [0.1, 0.15) is 11.5 Å². The van der Waals surface area contributed by atoms with Gasteiger partial charge in [-0.1, -0.05) is 13.8 Å². The molecular weight excluding hydrogens is 368 g/mol. The number of carbonyl (C=O) groups excluding carboxylic acids is 1. The molecule has 0 unspecified atom stereocenters. The van der Waals surface area contributed by atoms with E-state index in [4.69, 9.17) is 9.47 Å². The minimum absolute atomic E-state index is 0.113. The molecule has 8 heteroatoms. The largest absolute Gasteiger partial charge is 0.497 e. The number of hydrogen-bond acceptors (Lipinski definition) is 5. The molecule has 0 heterocycles. The van der Waals surface area contributed by atoms with Crippen LogP contribution >= 0.6 is 0 Å². The van der Waals surface area contributed by atoms with Gasteiger partial charge in [0.15, 0.2) is 0 Å². The Balaban J connectivity index is 2.14. The fraction of sp³-hybridized carbons (Fsp3) is 0.316. The van der Waals surface area contributed by atoms with Gasteiger partial charge in [0, 0.05) is 18.2 Å². The highest BCUT2D eigenvalue weighted by molar-refractivity contribution is 7.89. The summed E-state index contributed by atoms with van der Waals surface area (Å²) < 4.78 is 37.3. The number of anilines is 1. The van der Waals surface area contributed by atoms with Crippen LogP contribution in [-0.4, -0.2) is 35.1 Å². The number of hydrogen-bond donors (Lipinski definition) is 2. The summed E-state index contributed by atoms with van der Waals surface area (Å²) in [5.41, 5.74) is 0.814. The number of benzene rings is 2. The third-order valence-electron chi connectivity index (χ3n) is 3.77. The normalized spacial score (nSPS) is 11.3. The molecule has 1 amide bonds. The van der Waals surface area contributed by atoms with Crippen molar-refractivity contribution >= 4 is 21.6 Å². The van der Waals surface area contributed by atoms with Gasteiger partial charge in [0.2, 0.25) is 10.0 Å². The van der Waals surface area contributed by atoms with Crippen molar-refractivity contribution in [2.24, 2.45) is 5.92 Å². The lowest BCUT2D eigenvalue weighted by Crippen LogP contribution is -2.27. The zero-order chi connectivity index (χ0) is 20.0. The number of nitrogens with one attached hydrogen (secondary N) is 2. The molecule has 27 heavy (non-hydrogen) atoms. The van der Waals surface area contributed by atoms with Crippen molar-refractivity contribution in [2.75, 3.05) is 26.1 Å². The highest BCUT2D eigenvalue weighted by Gasteiger charge is 2.16. The summed E-state index contributed by atoms with van der Waals surface area (Å²) in [4.78, 5) is 12.6. The molecule has 0 saturated carbocycles. The highest BCUT2D eigenvalue weighted by atomic mass is 32.2. The summed E-state index contributed by atoms with van der Waals surface area (Å²) in [7, 11) is -0.556. The number of rotatable bonds is 8. The first-order valence-electron chi connectivity index (χ1n) is 8.40. The predicted octanol–water partition coefficient (Wildman–Crippen LogP) is 2.89. The van der Waals surface area contributed by atoms with Crippen LogP contribution in [0.1, 0.15) is 24.2 Å². The Morgan fingerprint density at radius 1 is 1.04 bits per heavy atom. The van der Waals surface area contributed by atoms with Crippen molar-refractivity contribution in [3.63, 3.8) is 0 Å². The van der Waals surface area contributed by atoms with Gasteiger partial charge in [-0.15, -0.1) is 0 Å². The Hall–Kier alpha value is -2.58. The smallest absolute Gasteiger partial charge is 0.255 e. The van der Waals surface area contributed by atoms with Gasteiger partial charge in [-0.2, -0.15) is 0 Å². The fourth-order valence-electron chi connectivity index (χ4n) is 2.24. The topological polar surface area (TPSA) is 93.7 Å². The van der Waals surface area contributed by atoms with Crippen LogP contribution in [0.2, 0.25) is 0 Å². The first kappa shape index (κ1) is 20.7. The van der Waals surface area contributed by atoms with Crippen molar-refractivity contribution in [1.29, 1.82) is 0 Å². The molecule has 0 radical (unpaired) electrons. The zero-order valence-corrected chi connectivity index (χ0v) is 16.6. The van der Waals surface area contributed by atoms with Gasteiger partial charge in [-0.25, -0.2) is 13.1 Å². The van der Waals surface area contributed by atoms with Crippen molar-refractivity contribution in [1.82, 2.24) is 4.72 Å². The van der Waals surface area contributed by atoms with E-state index in [0.717, 1.165) is 0 Å². The van der Waals surface area contributed by atoms with E-state index in [2.05, 4.69) is 10.0 Å². The number of methoxy groups -OCH3 is 2. The van der Waals surface area contributed by atoms with E-state index < -0.39 is 10.0 Å². The molecule has 0 aliphatic heterocycles. The molecule has 2 N–H and O–H groups in total. The standard InChI is InChI=1S/C19H24N2O5S/c1-13(2)12-20-27(23,24)16-8-5-14(6-9-16)19(22)21-17-10-7-15(25-3)11-18(17)26-4/h5-11,13,20H,12H2,1-4H3,(H,21,22). The number of amides is 1. The van der Waals surface area contributed by atoms with E-state index in [1.807, 2.05) is 13.8 Å². The van der Waals surface area contributed by atoms with Gasteiger partial charge < -0.3 is 14.8 Å². The van der Waals surface area contributed by atoms with Gasteiger partial charge >= 0.3 is 0 Å². The molecule has 0 bridgehead atoms. The Kier molecular flexibility index (Phi) is 6.81. The average molecular weight is 392 g/mol. The molecule has 7 nitrogen and oxygen atoms in total. The lowest BCUT2D eigenvalue weighted by atomic mass is 10.2. The average Bonchev–Trinajstić information content (AvgIpc) is 2.66. The van der Waals surface area contributed by atoms with E-state index in [0.29, 0.717) is 29.3 Å². The zero-order valence-electron chi connectivity index (χ0n) is 15.8. The van der Waals surface area contributed by atoms with Gasteiger partial charge in [0.05, 0.1) is 24.8 Å². The maximum atomic E-state index is 12.4. The minimum Gasteiger partial charge on any atom is -0.497 e. The molecule has 146 valence electrons. The van der Waals surface area contributed by atoms with E-state index in [9.17, 15) is 13.2 Å². The molecule has 0 spiro atoms. The van der Waals surface area contributed by atoms with Crippen LogP contribution in [0.5, 0.6) is 11.5 Å². The summed E-state index contributed by atoms with van der Waals surface area (Å²) in [6, 6.07) is 10.8. The molecule has 0 aromatic heterocycles. The monoisotopic (exact) mass is 392 g/mol. The minimum atomic E-state index is -3.59. The van der Waals surface area contributed by atoms with Crippen LogP contribution in [0.25, 0.3) is 0 Å². The maximum absolute atomic E-state index is 12.4. The summed E-state index contributed by atoms with van der Waals surface area (Å²) in [6.45, 7) is 4.19. The fourth-order valence-corrected chi connectivity index (χ4v) is 3.46. The second kappa shape index (κ2) is 8.88. The lowest BCUT2D eigenvalue weighted by molar-refractivity contribution is 0.102. The Bertz CT molecular complexity index is 893. The molecular formula is C19H24N2O5S. The number of ether oxygens (including phenoxy) is 2.